The summed E-state index contributed by atoms with van der Waals surface area (Å²) in [7, 11) is 0. The molecule has 164 valence electrons. The lowest BCUT2D eigenvalue weighted by Gasteiger charge is -2.48. The molecule has 3 aromatic rings. The van der Waals surface area contributed by atoms with Crippen LogP contribution in [0.1, 0.15) is 0 Å². The van der Waals surface area contributed by atoms with E-state index in [-0.39, 0.29) is 28.5 Å². The van der Waals surface area contributed by atoms with Gasteiger partial charge in [0.2, 0.25) is 5.91 Å². The summed E-state index contributed by atoms with van der Waals surface area (Å²) in [6, 6.07) is 5.49. The largest absolute Gasteiger partial charge is 0.504 e. The molecule has 0 unspecified atom stereocenters. The molecule has 0 spiro atoms. The maximum atomic E-state index is 12.2. The highest BCUT2D eigenvalue weighted by atomic mass is 32.2. The number of carbonyl (C=O) groups is 2. The van der Waals surface area contributed by atoms with Crippen molar-refractivity contribution in [1.29, 1.82) is 0 Å². The van der Waals surface area contributed by atoms with Gasteiger partial charge in [-0.15, -0.1) is 23.5 Å². The molecule has 1 amide bonds. The Morgan fingerprint density at radius 3 is 2.84 bits per heavy atom. The lowest BCUT2D eigenvalue weighted by molar-refractivity contribution is -0.147. The quantitative estimate of drug-likeness (QED) is 0.244. The smallest absolute Gasteiger partial charge is 0.352 e. The Morgan fingerprint density at radius 1 is 1.28 bits per heavy atom. The van der Waals surface area contributed by atoms with Gasteiger partial charge in [-0.3, -0.25) is 9.69 Å². The first-order valence-electron chi connectivity index (χ1n) is 9.50. The van der Waals surface area contributed by atoms with Gasteiger partial charge in [-0.25, -0.2) is 14.3 Å². The number of phenols is 2. The third kappa shape index (κ3) is 3.27. The Labute approximate surface area is 189 Å². The minimum atomic E-state index is -1.16. The Balaban J connectivity index is 1.52. The topological polar surface area (TPSA) is 154 Å². The van der Waals surface area contributed by atoms with Gasteiger partial charge in [-0.05, 0) is 23.8 Å². The van der Waals surface area contributed by atoms with Crippen LogP contribution in [-0.2, 0) is 9.59 Å². The Hall–Kier alpha value is -3.22. The van der Waals surface area contributed by atoms with Gasteiger partial charge in [0.25, 0.3) is 0 Å². The number of nitrogens with zero attached hydrogens (tertiary/aromatic N) is 4. The monoisotopic (exact) mass is 471 g/mol. The van der Waals surface area contributed by atoms with Gasteiger partial charge < -0.3 is 21.1 Å². The maximum Gasteiger partial charge on any atom is 0.352 e. The van der Waals surface area contributed by atoms with Gasteiger partial charge in [0.1, 0.15) is 17.1 Å². The van der Waals surface area contributed by atoms with Crippen molar-refractivity contribution in [1.82, 2.24) is 19.5 Å². The molecular weight excluding hydrogens is 454 g/mol. The van der Waals surface area contributed by atoms with Crippen LogP contribution in [-0.4, -0.2) is 69.6 Å². The van der Waals surface area contributed by atoms with Crippen LogP contribution in [0.15, 0.2) is 52.8 Å². The van der Waals surface area contributed by atoms with E-state index in [2.05, 4.69) is 10.1 Å². The van der Waals surface area contributed by atoms with Crippen LogP contribution in [0.3, 0.4) is 0 Å². The number of aliphatic carboxylic acids is 1. The number of hydrogen-bond acceptors (Lipinski definition) is 9. The average Bonchev–Trinajstić information content (AvgIpc) is 3.25. The second-order valence-electron chi connectivity index (χ2n) is 7.27. The van der Waals surface area contributed by atoms with E-state index in [1.807, 2.05) is 0 Å². The normalized spacial score (nSPS) is 20.4. The summed E-state index contributed by atoms with van der Waals surface area (Å²) in [4.78, 5) is 30.7. The standard InChI is InChI=1S/C20H17N5O5S2/c21-15-18(28)25-17(20(29)30)10(8-32-19(15)25)7-31-13-6-24-14(3-4-22-24)23-16(13)9-1-2-11(26)12(27)5-9/h1-6,15,19,26-27H,7-8,21H2,(H,29,30)/t15-,19-/m1/s1. The van der Waals surface area contributed by atoms with Crippen LogP contribution in [0.5, 0.6) is 11.5 Å². The maximum absolute atomic E-state index is 12.2. The first kappa shape index (κ1) is 20.7. The minimum absolute atomic E-state index is 0.00935. The summed E-state index contributed by atoms with van der Waals surface area (Å²) in [5.74, 6) is -1.30. The Bertz CT molecular complexity index is 1310. The highest BCUT2D eigenvalue weighted by molar-refractivity contribution is 8.01. The number of hydrogen-bond donors (Lipinski definition) is 4. The molecule has 2 aliphatic rings. The fourth-order valence-corrected chi connectivity index (χ4v) is 6.14. The molecule has 32 heavy (non-hydrogen) atoms. The van der Waals surface area contributed by atoms with Crippen molar-refractivity contribution in [3.63, 3.8) is 0 Å². The zero-order chi connectivity index (χ0) is 22.6. The Kier molecular flexibility index (Phi) is 4.99. The predicted molar refractivity (Wildman–Crippen MR) is 118 cm³/mol. The molecule has 2 atom stereocenters. The van der Waals surface area contributed by atoms with E-state index in [0.29, 0.717) is 38.9 Å². The minimum Gasteiger partial charge on any atom is -0.504 e. The van der Waals surface area contributed by atoms with E-state index in [4.69, 9.17) is 5.73 Å². The van der Waals surface area contributed by atoms with Crippen molar-refractivity contribution in [3.05, 3.63) is 47.9 Å². The highest BCUT2D eigenvalue weighted by Crippen LogP contribution is 2.42. The first-order valence-corrected chi connectivity index (χ1v) is 11.5. The number of rotatable bonds is 5. The van der Waals surface area contributed by atoms with Gasteiger partial charge >= 0.3 is 5.97 Å². The van der Waals surface area contributed by atoms with E-state index in [9.17, 15) is 24.9 Å². The van der Waals surface area contributed by atoms with Crippen molar-refractivity contribution in [3.8, 4) is 22.8 Å². The number of thioether (sulfide) groups is 2. The van der Waals surface area contributed by atoms with Crippen molar-refractivity contribution in [2.75, 3.05) is 11.5 Å². The van der Waals surface area contributed by atoms with Gasteiger partial charge in [0.05, 0.1) is 16.8 Å². The predicted octanol–water partition coefficient (Wildman–Crippen LogP) is 1.48. The molecule has 1 fully saturated rings. The van der Waals surface area contributed by atoms with Gasteiger partial charge in [-0.1, -0.05) is 0 Å². The fourth-order valence-electron chi connectivity index (χ4n) is 3.68. The molecule has 0 bridgehead atoms. The fraction of sp³-hybridized carbons (Fsp3) is 0.200. The summed E-state index contributed by atoms with van der Waals surface area (Å²) in [6.45, 7) is 0. The number of amides is 1. The number of carboxylic acid groups (broad SMARTS) is 1. The third-order valence-corrected chi connectivity index (χ3v) is 7.75. The van der Waals surface area contributed by atoms with Crippen LogP contribution in [0.4, 0.5) is 0 Å². The molecule has 0 saturated carbocycles. The summed E-state index contributed by atoms with van der Waals surface area (Å²) < 4.78 is 1.60. The first-order chi connectivity index (χ1) is 15.3. The van der Waals surface area contributed by atoms with E-state index < -0.39 is 12.0 Å². The zero-order valence-corrected chi connectivity index (χ0v) is 18.0. The number of aromatic hydroxyl groups is 2. The highest BCUT2D eigenvalue weighted by Gasteiger charge is 2.51. The van der Waals surface area contributed by atoms with Crippen LogP contribution >= 0.6 is 23.5 Å². The summed E-state index contributed by atoms with van der Waals surface area (Å²) >= 11 is 2.80. The van der Waals surface area contributed by atoms with Crippen molar-refractivity contribution in [2.24, 2.45) is 5.73 Å². The number of β-lactam (4-membered cyclic amide) rings is 1. The summed E-state index contributed by atoms with van der Waals surface area (Å²) in [6.07, 6.45) is 3.38. The van der Waals surface area contributed by atoms with E-state index in [1.54, 1.807) is 29.0 Å². The number of benzene rings is 1. The molecule has 5 rings (SSSR count). The molecule has 4 heterocycles. The molecule has 12 heteroatoms. The molecular formula is C20H17N5O5S2. The number of phenolic OH excluding ortho intramolecular Hbond substituents is 2. The molecule has 0 radical (unpaired) electrons. The second-order valence-corrected chi connectivity index (χ2v) is 9.39. The molecule has 10 nitrogen and oxygen atoms in total. The van der Waals surface area contributed by atoms with E-state index >= 15 is 0 Å². The van der Waals surface area contributed by atoms with Crippen molar-refractivity contribution >= 4 is 41.0 Å². The van der Waals surface area contributed by atoms with E-state index in [1.165, 1.54) is 40.6 Å². The molecule has 1 aromatic carbocycles. The summed E-state index contributed by atoms with van der Waals surface area (Å²) in [5, 5.41) is 33.2. The number of aromatic nitrogens is 3. The van der Waals surface area contributed by atoms with E-state index in [0.717, 1.165) is 0 Å². The Morgan fingerprint density at radius 2 is 2.09 bits per heavy atom. The van der Waals surface area contributed by atoms with Gasteiger partial charge in [0, 0.05) is 29.3 Å². The van der Waals surface area contributed by atoms with Crippen molar-refractivity contribution in [2.45, 2.75) is 16.3 Å². The van der Waals surface area contributed by atoms with Crippen molar-refractivity contribution < 1.29 is 24.9 Å². The second kappa shape index (κ2) is 7.73. The van der Waals surface area contributed by atoms with Crippen LogP contribution < -0.4 is 5.73 Å². The summed E-state index contributed by atoms with van der Waals surface area (Å²) in [5.41, 5.74) is 8.15. The lowest BCUT2D eigenvalue weighted by atomic mass is 10.0. The van der Waals surface area contributed by atoms with Crippen LogP contribution in [0.2, 0.25) is 0 Å². The van der Waals surface area contributed by atoms with Crippen LogP contribution in [0.25, 0.3) is 16.9 Å². The molecule has 2 aromatic heterocycles. The average molecular weight is 472 g/mol. The molecule has 0 aliphatic carbocycles. The van der Waals surface area contributed by atoms with Gasteiger partial charge in [-0.2, -0.15) is 5.10 Å². The molecule has 5 N–H and O–H groups in total. The van der Waals surface area contributed by atoms with Crippen LogP contribution in [0, 0.1) is 0 Å². The lowest BCUT2D eigenvalue weighted by Crippen LogP contribution is -2.68. The zero-order valence-electron chi connectivity index (χ0n) is 16.4. The number of nitrogens with two attached hydrogens (primary N) is 1. The SMILES string of the molecule is N[C@@H]1C(=O)N2C(C(=O)O)=C(CSc3cn4nccc4nc3-c3ccc(O)c(O)c3)CS[C@H]12. The molecule has 2 aliphatic heterocycles. The number of carbonyl (C=O) groups excluding carboxylic acids is 1. The molecule has 1 saturated heterocycles. The number of carboxylic acids is 1. The number of fused-ring (bicyclic) bond motifs is 2. The third-order valence-electron chi connectivity index (χ3n) is 5.29. The van der Waals surface area contributed by atoms with Gasteiger partial charge in [0.15, 0.2) is 17.1 Å².